The minimum atomic E-state index is -0.615. The summed E-state index contributed by atoms with van der Waals surface area (Å²) < 4.78 is 5.27. The molecule has 4 nitrogen and oxygen atoms in total. The minimum absolute atomic E-state index is 0.140. The first-order valence-corrected chi connectivity index (χ1v) is 8.67. The molecular weight excluding hydrogens is 338 g/mol. The van der Waals surface area contributed by atoms with E-state index >= 15 is 0 Å². The summed E-state index contributed by atoms with van der Waals surface area (Å²) >= 11 is 5.89. The van der Waals surface area contributed by atoms with Gasteiger partial charge in [0.15, 0.2) is 6.61 Å². The average Bonchev–Trinajstić information content (AvgIpc) is 3.43. The number of carbonyl (C=O) groups excluding carboxylic acids is 2. The quantitative estimate of drug-likeness (QED) is 0.800. The lowest BCUT2D eigenvalue weighted by molar-refractivity contribution is -0.151. The molecule has 1 atom stereocenters. The van der Waals surface area contributed by atoms with Gasteiger partial charge in [0, 0.05) is 5.02 Å². The van der Waals surface area contributed by atoms with Crippen LogP contribution in [0.2, 0.25) is 5.02 Å². The highest BCUT2D eigenvalue weighted by Gasteiger charge is 2.52. The van der Waals surface area contributed by atoms with E-state index in [-0.39, 0.29) is 24.5 Å². The highest BCUT2D eigenvalue weighted by Crippen LogP contribution is 2.49. The fraction of sp³-hybridized carbons (Fsp3) is 0.300. The zero-order chi connectivity index (χ0) is 17.9. The SMILES string of the molecule is C[C@H](NC(=O)COC(=O)C1(c2ccc(Cl)cc2)CC1)c1ccccc1. The summed E-state index contributed by atoms with van der Waals surface area (Å²) in [6.07, 6.45) is 1.46. The lowest BCUT2D eigenvalue weighted by atomic mass is 9.96. The molecule has 1 amide bonds. The van der Waals surface area contributed by atoms with Crippen molar-refractivity contribution >= 4 is 23.5 Å². The van der Waals surface area contributed by atoms with Crippen molar-refractivity contribution in [1.82, 2.24) is 5.32 Å². The van der Waals surface area contributed by atoms with Gasteiger partial charge in [0.25, 0.3) is 5.91 Å². The van der Waals surface area contributed by atoms with Crippen molar-refractivity contribution in [1.29, 1.82) is 0 Å². The summed E-state index contributed by atoms with van der Waals surface area (Å²) in [5.74, 6) is -0.658. The van der Waals surface area contributed by atoms with Crippen molar-refractivity contribution < 1.29 is 14.3 Å². The molecule has 1 N–H and O–H groups in total. The van der Waals surface area contributed by atoms with Crippen LogP contribution in [-0.4, -0.2) is 18.5 Å². The topological polar surface area (TPSA) is 55.4 Å². The van der Waals surface area contributed by atoms with E-state index in [4.69, 9.17) is 16.3 Å². The molecule has 1 fully saturated rings. The molecule has 0 saturated heterocycles. The summed E-state index contributed by atoms with van der Waals surface area (Å²) in [5.41, 5.74) is 1.28. The fourth-order valence-corrected chi connectivity index (χ4v) is 3.01. The molecule has 0 bridgehead atoms. The molecule has 0 radical (unpaired) electrons. The van der Waals surface area contributed by atoms with E-state index in [2.05, 4.69) is 5.32 Å². The highest BCUT2D eigenvalue weighted by molar-refractivity contribution is 6.30. The highest BCUT2D eigenvalue weighted by atomic mass is 35.5. The number of ether oxygens (including phenoxy) is 1. The predicted octanol–water partition coefficient (Wildman–Crippen LogP) is 3.79. The fourth-order valence-electron chi connectivity index (χ4n) is 2.88. The first-order chi connectivity index (χ1) is 12.0. The third-order valence-electron chi connectivity index (χ3n) is 4.55. The van der Waals surface area contributed by atoms with Crippen molar-refractivity contribution in [3.63, 3.8) is 0 Å². The van der Waals surface area contributed by atoms with E-state index in [0.29, 0.717) is 5.02 Å². The Labute approximate surface area is 152 Å². The third kappa shape index (κ3) is 4.02. The summed E-state index contributed by atoms with van der Waals surface area (Å²) in [7, 11) is 0. The normalized spacial score (nSPS) is 15.9. The maximum Gasteiger partial charge on any atom is 0.317 e. The number of nitrogens with one attached hydrogen (secondary N) is 1. The van der Waals surface area contributed by atoms with Gasteiger partial charge >= 0.3 is 5.97 Å². The Hall–Kier alpha value is -2.33. The Morgan fingerprint density at radius 2 is 1.76 bits per heavy atom. The number of halogens is 1. The van der Waals surface area contributed by atoms with Gasteiger partial charge in [0.05, 0.1) is 11.5 Å². The molecule has 3 rings (SSSR count). The summed E-state index contributed by atoms with van der Waals surface area (Å²) in [4.78, 5) is 24.5. The number of hydrogen-bond acceptors (Lipinski definition) is 3. The van der Waals surface area contributed by atoms with Gasteiger partial charge in [-0.25, -0.2) is 0 Å². The standard InChI is InChI=1S/C20H20ClNO3/c1-14(15-5-3-2-4-6-15)22-18(23)13-25-19(24)20(11-12-20)16-7-9-17(21)10-8-16/h2-10,14H,11-13H2,1H3,(H,22,23)/t14-/m0/s1. The lowest BCUT2D eigenvalue weighted by Gasteiger charge is -2.17. The molecule has 5 heteroatoms. The molecule has 0 heterocycles. The minimum Gasteiger partial charge on any atom is -0.455 e. The van der Waals surface area contributed by atoms with E-state index in [1.165, 1.54) is 0 Å². The molecule has 0 aromatic heterocycles. The van der Waals surface area contributed by atoms with Gasteiger partial charge in [-0.15, -0.1) is 0 Å². The van der Waals surface area contributed by atoms with Gasteiger partial charge in [-0.2, -0.15) is 0 Å². The van der Waals surface area contributed by atoms with Crippen LogP contribution in [0.4, 0.5) is 0 Å². The molecule has 1 aliphatic rings. The number of benzene rings is 2. The van der Waals surface area contributed by atoms with Crippen molar-refractivity contribution in [2.24, 2.45) is 0 Å². The van der Waals surface area contributed by atoms with Crippen LogP contribution in [0.1, 0.15) is 36.9 Å². The molecule has 0 spiro atoms. The van der Waals surface area contributed by atoms with Crippen molar-refractivity contribution in [3.05, 3.63) is 70.7 Å². The van der Waals surface area contributed by atoms with Crippen LogP contribution in [-0.2, 0) is 19.7 Å². The molecule has 2 aromatic carbocycles. The van der Waals surface area contributed by atoms with Gasteiger partial charge in [-0.05, 0) is 43.0 Å². The smallest absolute Gasteiger partial charge is 0.317 e. The molecule has 0 unspecified atom stereocenters. The predicted molar refractivity (Wildman–Crippen MR) is 96.3 cm³/mol. The van der Waals surface area contributed by atoms with Gasteiger partial charge in [-0.3, -0.25) is 9.59 Å². The second-order valence-corrected chi connectivity index (χ2v) is 6.80. The Bertz CT molecular complexity index is 754. The Balaban J connectivity index is 1.54. The van der Waals surface area contributed by atoms with Gasteiger partial charge < -0.3 is 10.1 Å². The molecular formula is C20H20ClNO3. The van der Waals surface area contributed by atoms with E-state index in [1.807, 2.05) is 49.4 Å². The first kappa shape index (κ1) is 17.5. The van der Waals surface area contributed by atoms with Gasteiger partial charge in [0.1, 0.15) is 0 Å². The molecule has 2 aromatic rings. The molecule has 25 heavy (non-hydrogen) atoms. The summed E-state index contributed by atoms with van der Waals surface area (Å²) in [6.45, 7) is 1.62. The van der Waals surface area contributed by atoms with E-state index in [1.54, 1.807) is 12.1 Å². The molecule has 1 aliphatic carbocycles. The summed E-state index contributed by atoms with van der Waals surface area (Å²) in [6, 6.07) is 16.7. The van der Waals surface area contributed by atoms with E-state index in [0.717, 1.165) is 24.0 Å². The van der Waals surface area contributed by atoms with Crippen LogP contribution in [0.25, 0.3) is 0 Å². The molecule has 1 saturated carbocycles. The van der Waals surface area contributed by atoms with Crippen LogP contribution < -0.4 is 5.32 Å². The largest absolute Gasteiger partial charge is 0.455 e. The Morgan fingerprint density at radius 3 is 2.36 bits per heavy atom. The first-order valence-electron chi connectivity index (χ1n) is 8.29. The van der Waals surface area contributed by atoms with Crippen molar-refractivity contribution in [3.8, 4) is 0 Å². The van der Waals surface area contributed by atoms with Crippen molar-refractivity contribution in [2.75, 3.05) is 6.61 Å². The number of hydrogen-bond donors (Lipinski definition) is 1. The van der Waals surface area contributed by atoms with Crippen LogP contribution in [0.15, 0.2) is 54.6 Å². The van der Waals surface area contributed by atoms with E-state index < -0.39 is 5.41 Å². The molecule has 0 aliphatic heterocycles. The zero-order valence-electron chi connectivity index (χ0n) is 14.0. The third-order valence-corrected chi connectivity index (χ3v) is 4.80. The average molecular weight is 358 g/mol. The van der Waals surface area contributed by atoms with Crippen LogP contribution in [0.3, 0.4) is 0 Å². The van der Waals surface area contributed by atoms with Crippen LogP contribution in [0.5, 0.6) is 0 Å². The van der Waals surface area contributed by atoms with Gasteiger partial charge in [-0.1, -0.05) is 54.1 Å². The maximum atomic E-state index is 12.4. The van der Waals surface area contributed by atoms with Crippen molar-refractivity contribution in [2.45, 2.75) is 31.2 Å². The lowest BCUT2D eigenvalue weighted by Crippen LogP contribution is -2.33. The second-order valence-electron chi connectivity index (χ2n) is 6.37. The monoisotopic (exact) mass is 357 g/mol. The van der Waals surface area contributed by atoms with E-state index in [9.17, 15) is 9.59 Å². The maximum absolute atomic E-state index is 12.4. The number of rotatable bonds is 6. The zero-order valence-corrected chi connectivity index (χ0v) is 14.8. The Morgan fingerprint density at radius 1 is 1.12 bits per heavy atom. The number of amides is 1. The van der Waals surface area contributed by atoms with Crippen LogP contribution >= 0.6 is 11.6 Å². The second kappa shape index (κ2) is 7.28. The number of esters is 1. The summed E-state index contributed by atoms with van der Waals surface area (Å²) in [5, 5.41) is 3.46. The van der Waals surface area contributed by atoms with Gasteiger partial charge in [0.2, 0.25) is 0 Å². The molecule has 130 valence electrons. The van der Waals surface area contributed by atoms with Crippen LogP contribution in [0, 0.1) is 0 Å². The Kier molecular flexibility index (Phi) is 5.09. The number of carbonyl (C=O) groups is 2.